The number of rotatable bonds is 4. The van der Waals surface area contributed by atoms with E-state index >= 15 is 0 Å². The monoisotopic (exact) mass is 267 g/mol. The first-order chi connectivity index (χ1) is 7.70. The van der Waals surface area contributed by atoms with E-state index in [1.807, 2.05) is 0 Å². The number of anilines is 1. The van der Waals surface area contributed by atoms with Gasteiger partial charge in [0.1, 0.15) is 11.4 Å². The molecular formula is C10H12F3NO2S. The van der Waals surface area contributed by atoms with Crippen LogP contribution in [0.4, 0.5) is 18.9 Å². The van der Waals surface area contributed by atoms with E-state index in [9.17, 15) is 18.0 Å². The van der Waals surface area contributed by atoms with Crippen molar-refractivity contribution in [1.29, 1.82) is 0 Å². The molecule has 1 N–H and O–H groups in total. The Labute approximate surface area is 100 Å². The fraction of sp³-hybridized carbons (Fsp3) is 0.500. The Morgan fingerprint density at radius 2 is 2.12 bits per heavy atom. The van der Waals surface area contributed by atoms with E-state index in [1.54, 1.807) is 13.8 Å². The zero-order valence-electron chi connectivity index (χ0n) is 9.28. The second-order valence-electron chi connectivity index (χ2n) is 3.81. The van der Waals surface area contributed by atoms with Crippen LogP contribution < -0.4 is 4.90 Å². The summed E-state index contributed by atoms with van der Waals surface area (Å²) < 4.78 is 37.1. The van der Waals surface area contributed by atoms with Crippen LogP contribution in [-0.4, -0.2) is 29.8 Å². The first-order valence-corrected chi connectivity index (χ1v) is 5.74. The molecule has 0 radical (unpaired) electrons. The Bertz CT molecular complexity index is 401. The average molecular weight is 267 g/mol. The van der Waals surface area contributed by atoms with Gasteiger partial charge in [-0.05, 0) is 19.9 Å². The van der Waals surface area contributed by atoms with Gasteiger partial charge in [-0.15, -0.1) is 11.3 Å². The highest BCUT2D eigenvalue weighted by Crippen LogP contribution is 2.28. The summed E-state index contributed by atoms with van der Waals surface area (Å²) in [6.45, 7) is 2.17. The van der Waals surface area contributed by atoms with E-state index < -0.39 is 18.7 Å². The quantitative estimate of drug-likeness (QED) is 0.910. The van der Waals surface area contributed by atoms with Crippen molar-refractivity contribution >= 4 is 23.0 Å². The molecule has 1 aromatic heterocycles. The number of nitrogens with zero attached hydrogens (tertiary/aromatic N) is 1. The molecule has 3 nitrogen and oxygen atoms in total. The number of halogens is 3. The van der Waals surface area contributed by atoms with Gasteiger partial charge in [-0.2, -0.15) is 13.2 Å². The summed E-state index contributed by atoms with van der Waals surface area (Å²) in [5.41, 5.74) is 0.291. The zero-order valence-corrected chi connectivity index (χ0v) is 10.1. The fourth-order valence-electron chi connectivity index (χ4n) is 1.35. The van der Waals surface area contributed by atoms with Gasteiger partial charge in [0, 0.05) is 17.1 Å². The van der Waals surface area contributed by atoms with E-state index in [1.165, 1.54) is 11.4 Å². The number of hydrogen-bond acceptors (Lipinski definition) is 3. The van der Waals surface area contributed by atoms with Crippen LogP contribution in [0.15, 0.2) is 11.4 Å². The van der Waals surface area contributed by atoms with Crippen molar-refractivity contribution in [2.24, 2.45) is 0 Å². The normalized spacial score (nSPS) is 11.9. The van der Waals surface area contributed by atoms with Crippen LogP contribution in [0.5, 0.6) is 0 Å². The van der Waals surface area contributed by atoms with Gasteiger partial charge >= 0.3 is 12.1 Å². The average Bonchev–Trinajstić information content (AvgIpc) is 2.60. The Morgan fingerprint density at radius 1 is 1.53 bits per heavy atom. The number of thiophene rings is 1. The summed E-state index contributed by atoms with van der Waals surface area (Å²) in [5, 5.41) is 10.1. The Hall–Kier alpha value is -1.24. The minimum absolute atomic E-state index is 0.0350. The van der Waals surface area contributed by atoms with Crippen molar-refractivity contribution in [1.82, 2.24) is 0 Å². The maximum Gasteiger partial charge on any atom is 0.405 e. The molecule has 0 saturated heterocycles. The van der Waals surface area contributed by atoms with Gasteiger partial charge < -0.3 is 10.0 Å². The van der Waals surface area contributed by atoms with Crippen LogP contribution >= 0.6 is 11.3 Å². The summed E-state index contributed by atoms with van der Waals surface area (Å²) >= 11 is 0.921. The van der Waals surface area contributed by atoms with Crippen molar-refractivity contribution < 1.29 is 23.1 Å². The molecule has 17 heavy (non-hydrogen) atoms. The van der Waals surface area contributed by atoms with Gasteiger partial charge in [0.05, 0.1) is 0 Å². The lowest BCUT2D eigenvalue weighted by molar-refractivity contribution is -0.120. The highest BCUT2D eigenvalue weighted by atomic mass is 32.1. The summed E-state index contributed by atoms with van der Waals surface area (Å²) in [5.74, 6) is -1.13. The van der Waals surface area contributed by atoms with Gasteiger partial charge in [0.2, 0.25) is 0 Å². The predicted molar refractivity (Wildman–Crippen MR) is 59.8 cm³/mol. The third kappa shape index (κ3) is 3.92. The fourth-order valence-corrected chi connectivity index (χ4v) is 2.09. The van der Waals surface area contributed by atoms with E-state index in [-0.39, 0.29) is 10.9 Å². The smallest absolute Gasteiger partial charge is 0.405 e. The van der Waals surface area contributed by atoms with Crippen LogP contribution in [0, 0.1) is 0 Å². The van der Waals surface area contributed by atoms with E-state index in [2.05, 4.69) is 0 Å². The molecule has 0 aliphatic carbocycles. The van der Waals surface area contributed by atoms with Crippen molar-refractivity contribution in [3.63, 3.8) is 0 Å². The van der Waals surface area contributed by atoms with Crippen LogP contribution in [0.2, 0.25) is 0 Å². The molecule has 7 heteroatoms. The number of alkyl halides is 3. The summed E-state index contributed by atoms with van der Waals surface area (Å²) in [7, 11) is 0. The minimum Gasteiger partial charge on any atom is -0.477 e. The van der Waals surface area contributed by atoms with Crippen LogP contribution in [-0.2, 0) is 0 Å². The summed E-state index contributed by atoms with van der Waals surface area (Å²) in [6, 6.07) is 0.909. The first-order valence-electron chi connectivity index (χ1n) is 4.86. The minimum atomic E-state index is -4.31. The van der Waals surface area contributed by atoms with Crippen LogP contribution in [0.25, 0.3) is 0 Å². The Balaban J connectivity index is 2.94. The molecule has 0 aliphatic rings. The topological polar surface area (TPSA) is 40.5 Å². The standard InChI is InChI=1S/C10H12F3NO2S/c1-6(2)14(5-10(11,12)13)7-3-8(9(15)16)17-4-7/h3-4,6H,5H2,1-2H3,(H,15,16). The van der Waals surface area contributed by atoms with Crippen LogP contribution in [0.3, 0.4) is 0 Å². The molecular weight excluding hydrogens is 255 g/mol. The maximum atomic E-state index is 12.4. The van der Waals surface area contributed by atoms with Crippen molar-refractivity contribution in [3.8, 4) is 0 Å². The molecule has 0 unspecified atom stereocenters. The van der Waals surface area contributed by atoms with Crippen molar-refractivity contribution in [3.05, 3.63) is 16.3 Å². The highest BCUT2D eigenvalue weighted by Gasteiger charge is 2.32. The third-order valence-corrected chi connectivity index (χ3v) is 3.01. The van der Waals surface area contributed by atoms with Gasteiger partial charge in [-0.25, -0.2) is 4.79 Å². The van der Waals surface area contributed by atoms with E-state index in [0.717, 1.165) is 16.2 Å². The molecule has 0 saturated carbocycles. The van der Waals surface area contributed by atoms with Gasteiger partial charge in [-0.1, -0.05) is 0 Å². The molecule has 0 amide bonds. The lowest BCUT2D eigenvalue weighted by Gasteiger charge is -2.28. The first kappa shape index (κ1) is 13.8. The zero-order chi connectivity index (χ0) is 13.2. The number of hydrogen-bond donors (Lipinski definition) is 1. The number of carbonyl (C=O) groups is 1. The maximum absolute atomic E-state index is 12.4. The lowest BCUT2D eigenvalue weighted by Crippen LogP contribution is -2.38. The molecule has 1 heterocycles. The molecule has 0 spiro atoms. The molecule has 0 aliphatic heterocycles. The van der Waals surface area contributed by atoms with Crippen molar-refractivity contribution in [2.45, 2.75) is 26.1 Å². The third-order valence-electron chi connectivity index (χ3n) is 2.10. The predicted octanol–water partition coefficient (Wildman–Crippen LogP) is 3.22. The van der Waals surface area contributed by atoms with Crippen LogP contribution in [0.1, 0.15) is 23.5 Å². The molecule has 0 bridgehead atoms. The van der Waals surface area contributed by atoms with Gasteiger partial charge in [0.15, 0.2) is 0 Å². The lowest BCUT2D eigenvalue weighted by atomic mass is 10.2. The van der Waals surface area contributed by atoms with E-state index in [0.29, 0.717) is 5.69 Å². The summed E-state index contributed by atoms with van der Waals surface area (Å²) in [4.78, 5) is 11.8. The molecule has 0 atom stereocenters. The summed E-state index contributed by atoms with van der Waals surface area (Å²) in [6.07, 6.45) is -4.31. The molecule has 96 valence electrons. The molecule has 1 rings (SSSR count). The van der Waals surface area contributed by atoms with E-state index in [4.69, 9.17) is 5.11 Å². The van der Waals surface area contributed by atoms with Crippen molar-refractivity contribution in [2.75, 3.05) is 11.4 Å². The highest BCUT2D eigenvalue weighted by molar-refractivity contribution is 7.12. The largest absolute Gasteiger partial charge is 0.477 e. The molecule has 0 aromatic carbocycles. The number of carboxylic acids is 1. The second-order valence-corrected chi connectivity index (χ2v) is 4.72. The Kier molecular flexibility index (Phi) is 4.03. The number of carboxylic acid groups (broad SMARTS) is 1. The number of aromatic carboxylic acids is 1. The SMILES string of the molecule is CC(C)N(CC(F)(F)F)c1csc(C(=O)O)c1. The Morgan fingerprint density at radius 3 is 2.47 bits per heavy atom. The second kappa shape index (κ2) is 4.95. The molecule has 1 aromatic rings. The molecule has 0 fully saturated rings. The van der Waals surface area contributed by atoms with Gasteiger partial charge in [-0.3, -0.25) is 0 Å². The van der Waals surface area contributed by atoms with Gasteiger partial charge in [0.25, 0.3) is 0 Å².